The summed E-state index contributed by atoms with van der Waals surface area (Å²) in [6, 6.07) is -0.707. The van der Waals surface area contributed by atoms with E-state index >= 15 is 0 Å². The van der Waals surface area contributed by atoms with Gasteiger partial charge in [-0.05, 0) is 31.6 Å². The topological polar surface area (TPSA) is 70.8 Å². The second-order valence-electron chi connectivity index (χ2n) is 6.35. The molecule has 21 heavy (non-hydrogen) atoms. The zero-order valence-corrected chi connectivity index (χ0v) is 13.8. The molecule has 5 nitrogen and oxygen atoms in total. The molecule has 0 saturated carbocycles. The highest BCUT2D eigenvalue weighted by molar-refractivity contribution is 5.75. The van der Waals surface area contributed by atoms with Gasteiger partial charge in [0.25, 0.3) is 0 Å². The Labute approximate surface area is 128 Å². The molecule has 0 unspecified atom stereocenters. The number of hydrogen-bond acceptors (Lipinski definition) is 5. The van der Waals surface area contributed by atoms with Gasteiger partial charge in [-0.1, -0.05) is 27.2 Å². The number of esters is 1. The van der Waals surface area contributed by atoms with Crippen molar-refractivity contribution >= 4 is 5.97 Å². The van der Waals surface area contributed by atoms with Crippen LogP contribution in [0.4, 0.5) is 0 Å². The summed E-state index contributed by atoms with van der Waals surface area (Å²) in [5.41, 5.74) is 5.75. The van der Waals surface area contributed by atoms with Crippen LogP contribution in [-0.2, 0) is 19.0 Å². The van der Waals surface area contributed by atoms with E-state index in [1.807, 2.05) is 6.92 Å². The zero-order chi connectivity index (χ0) is 15.8. The fourth-order valence-corrected chi connectivity index (χ4v) is 2.65. The lowest BCUT2D eigenvalue weighted by Crippen LogP contribution is -2.45. The average molecular weight is 301 g/mol. The predicted molar refractivity (Wildman–Crippen MR) is 81.9 cm³/mol. The standard InChI is InChI=1S/C16H31NO4/c1-5-6-13-7-8-19-10-14(17)16(18)21-12(4)15(13)20-9-11(2)3/h11-15H,5-10,17H2,1-4H3/t12-,13-,14-,15-/m0/s1. The van der Waals surface area contributed by atoms with Crippen molar-refractivity contribution < 1.29 is 19.0 Å². The molecule has 0 bridgehead atoms. The molecule has 0 aromatic carbocycles. The van der Waals surface area contributed by atoms with E-state index in [1.165, 1.54) is 0 Å². The third-order valence-electron chi connectivity index (χ3n) is 3.74. The molecule has 1 saturated heterocycles. The predicted octanol–water partition coefficient (Wildman–Crippen LogP) is 2.12. The smallest absolute Gasteiger partial charge is 0.325 e. The van der Waals surface area contributed by atoms with Gasteiger partial charge in [0, 0.05) is 13.2 Å². The van der Waals surface area contributed by atoms with Crippen molar-refractivity contribution in [1.82, 2.24) is 0 Å². The first-order valence-corrected chi connectivity index (χ1v) is 8.11. The van der Waals surface area contributed by atoms with Crippen LogP contribution in [0.25, 0.3) is 0 Å². The molecule has 1 rings (SSSR count). The summed E-state index contributed by atoms with van der Waals surface area (Å²) >= 11 is 0. The SMILES string of the molecule is CCC[C@H]1CCOC[C@H](N)C(=O)O[C@@H](C)[C@@H]1OCC(C)C. The summed E-state index contributed by atoms with van der Waals surface area (Å²) in [5.74, 6) is 0.382. The van der Waals surface area contributed by atoms with E-state index in [4.69, 9.17) is 19.9 Å². The fourth-order valence-electron chi connectivity index (χ4n) is 2.65. The van der Waals surface area contributed by atoms with Crippen LogP contribution in [0.15, 0.2) is 0 Å². The molecule has 4 atom stereocenters. The van der Waals surface area contributed by atoms with Gasteiger partial charge < -0.3 is 19.9 Å². The average Bonchev–Trinajstić information content (AvgIpc) is 2.41. The highest BCUT2D eigenvalue weighted by atomic mass is 16.6. The van der Waals surface area contributed by atoms with E-state index in [2.05, 4.69) is 20.8 Å². The molecule has 1 aliphatic rings. The molecule has 0 spiro atoms. The first kappa shape index (κ1) is 18.4. The van der Waals surface area contributed by atoms with Crippen molar-refractivity contribution in [2.24, 2.45) is 17.6 Å². The first-order chi connectivity index (χ1) is 9.95. The van der Waals surface area contributed by atoms with Crippen molar-refractivity contribution in [1.29, 1.82) is 0 Å². The molecule has 0 radical (unpaired) electrons. The zero-order valence-electron chi connectivity index (χ0n) is 13.8. The van der Waals surface area contributed by atoms with Gasteiger partial charge in [-0.2, -0.15) is 0 Å². The summed E-state index contributed by atoms with van der Waals surface area (Å²) < 4.78 is 17.1. The molecule has 2 N–H and O–H groups in total. The lowest BCUT2D eigenvalue weighted by atomic mass is 9.90. The van der Waals surface area contributed by atoms with Crippen molar-refractivity contribution in [2.45, 2.75) is 65.2 Å². The van der Waals surface area contributed by atoms with Crippen LogP contribution in [0.5, 0.6) is 0 Å². The monoisotopic (exact) mass is 301 g/mol. The molecule has 124 valence electrons. The number of carbonyl (C=O) groups excluding carboxylic acids is 1. The third-order valence-corrected chi connectivity index (χ3v) is 3.74. The minimum absolute atomic E-state index is 0.0924. The Bertz CT molecular complexity index is 309. The Morgan fingerprint density at radius 2 is 2.14 bits per heavy atom. The summed E-state index contributed by atoms with van der Waals surface area (Å²) in [5, 5.41) is 0. The molecule has 0 aromatic heterocycles. The highest BCUT2D eigenvalue weighted by Gasteiger charge is 2.32. The van der Waals surface area contributed by atoms with Crippen LogP contribution in [0.1, 0.15) is 47.0 Å². The number of cyclic esters (lactones) is 1. The van der Waals surface area contributed by atoms with Gasteiger partial charge in [-0.15, -0.1) is 0 Å². The minimum atomic E-state index is -0.707. The first-order valence-electron chi connectivity index (χ1n) is 8.11. The second-order valence-corrected chi connectivity index (χ2v) is 6.35. The maximum absolute atomic E-state index is 11.9. The summed E-state index contributed by atoms with van der Waals surface area (Å²) in [7, 11) is 0. The number of carbonyl (C=O) groups is 1. The normalized spacial score (nSPS) is 32.0. The van der Waals surface area contributed by atoms with E-state index in [0.717, 1.165) is 19.3 Å². The van der Waals surface area contributed by atoms with Crippen molar-refractivity contribution in [3.63, 3.8) is 0 Å². The van der Waals surface area contributed by atoms with Crippen LogP contribution in [-0.4, -0.2) is 44.0 Å². The summed E-state index contributed by atoms with van der Waals surface area (Å²) in [6.45, 7) is 9.80. The molecule has 1 aliphatic heterocycles. The van der Waals surface area contributed by atoms with Crippen LogP contribution in [0, 0.1) is 11.8 Å². The van der Waals surface area contributed by atoms with Crippen molar-refractivity contribution in [2.75, 3.05) is 19.8 Å². The molecule has 0 amide bonds. The summed E-state index contributed by atoms with van der Waals surface area (Å²) in [4.78, 5) is 11.9. The molecule has 5 heteroatoms. The van der Waals surface area contributed by atoms with Gasteiger partial charge in [0.2, 0.25) is 0 Å². The molecule has 0 aromatic rings. The van der Waals surface area contributed by atoms with Crippen LogP contribution in [0.3, 0.4) is 0 Å². The van der Waals surface area contributed by atoms with E-state index in [-0.39, 0.29) is 18.8 Å². The Kier molecular flexibility index (Phi) is 8.22. The maximum Gasteiger partial charge on any atom is 0.325 e. The number of rotatable bonds is 5. The van der Waals surface area contributed by atoms with Gasteiger partial charge in [0.15, 0.2) is 0 Å². The van der Waals surface area contributed by atoms with Gasteiger partial charge >= 0.3 is 5.97 Å². The lowest BCUT2D eigenvalue weighted by molar-refractivity contribution is -0.166. The molecule has 1 heterocycles. The van der Waals surface area contributed by atoms with E-state index in [0.29, 0.717) is 25.0 Å². The van der Waals surface area contributed by atoms with Crippen molar-refractivity contribution in [3.8, 4) is 0 Å². The maximum atomic E-state index is 11.9. The van der Waals surface area contributed by atoms with Crippen LogP contribution < -0.4 is 5.73 Å². The minimum Gasteiger partial charge on any atom is -0.459 e. The van der Waals surface area contributed by atoms with Gasteiger partial charge in [-0.3, -0.25) is 4.79 Å². The largest absolute Gasteiger partial charge is 0.459 e. The fraction of sp³-hybridized carbons (Fsp3) is 0.938. The third kappa shape index (κ3) is 6.32. The van der Waals surface area contributed by atoms with E-state index in [1.54, 1.807) is 0 Å². The van der Waals surface area contributed by atoms with Gasteiger partial charge in [0.1, 0.15) is 12.1 Å². The number of nitrogens with two attached hydrogens (primary N) is 1. The Balaban J connectivity index is 2.80. The van der Waals surface area contributed by atoms with Crippen LogP contribution in [0.2, 0.25) is 0 Å². The van der Waals surface area contributed by atoms with Crippen LogP contribution >= 0.6 is 0 Å². The Morgan fingerprint density at radius 3 is 2.76 bits per heavy atom. The molecule has 1 fully saturated rings. The highest BCUT2D eigenvalue weighted by Crippen LogP contribution is 2.25. The van der Waals surface area contributed by atoms with E-state index < -0.39 is 12.0 Å². The molecular weight excluding hydrogens is 270 g/mol. The second kappa shape index (κ2) is 9.38. The van der Waals surface area contributed by atoms with Gasteiger partial charge in [-0.25, -0.2) is 0 Å². The lowest BCUT2D eigenvalue weighted by Gasteiger charge is -2.33. The van der Waals surface area contributed by atoms with Gasteiger partial charge in [0.05, 0.1) is 12.7 Å². The molecule has 0 aliphatic carbocycles. The Morgan fingerprint density at radius 1 is 1.43 bits per heavy atom. The van der Waals surface area contributed by atoms with E-state index in [9.17, 15) is 4.79 Å². The molecular formula is C16H31NO4. The summed E-state index contributed by atoms with van der Waals surface area (Å²) in [6.07, 6.45) is 2.65. The Hall–Kier alpha value is -0.650. The van der Waals surface area contributed by atoms with Crippen molar-refractivity contribution in [3.05, 3.63) is 0 Å². The number of ether oxygens (including phenoxy) is 3. The number of hydrogen-bond donors (Lipinski definition) is 1. The quantitative estimate of drug-likeness (QED) is 0.788.